The molecule has 2 aromatic carbocycles. The molecule has 3 rings (SSSR count). The van der Waals surface area contributed by atoms with Gasteiger partial charge in [-0.05, 0) is 43.7 Å². The number of carbonyl (C=O) groups excluding carboxylic acids is 2. The van der Waals surface area contributed by atoms with Crippen molar-refractivity contribution >= 4 is 17.4 Å². The summed E-state index contributed by atoms with van der Waals surface area (Å²) in [5.41, 5.74) is 1.30. The summed E-state index contributed by atoms with van der Waals surface area (Å²) in [6, 6.07) is 13.5. The van der Waals surface area contributed by atoms with Crippen LogP contribution in [-0.4, -0.2) is 30.0 Å². The molecule has 1 aliphatic rings. The summed E-state index contributed by atoms with van der Waals surface area (Å²) in [6.45, 7) is 7.34. The Morgan fingerprint density at radius 1 is 1.03 bits per heavy atom. The summed E-state index contributed by atoms with van der Waals surface area (Å²) in [7, 11) is 1.54. The molecule has 158 valence electrons. The Kier molecular flexibility index (Phi) is 6.15. The van der Waals surface area contributed by atoms with Crippen molar-refractivity contribution in [1.29, 1.82) is 0 Å². The molecule has 6 heteroatoms. The molecule has 1 atom stereocenters. The fourth-order valence-electron chi connectivity index (χ4n) is 3.54. The van der Waals surface area contributed by atoms with Crippen molar-refractivity contribution in [1.82, 2.24) is 0 Å². The van der Waals surface area contributed by atoms with E-state index in [1.54, 1.807) is 51.3 Å². The van der Waals surface area contributed by atoms with Crippen LogP contribution in [0.1, 0.15) is 39.3 Å². The summed E-state index contributed by atoms with van der Waals surface area (Å²) < 4.78 is 11.1. The highest BCUT2D eigenvalue weighted by molar-refractivity contribution is 6.16. The second kappa shape index (κ2) is 8.61. The summed E-state index contributed by atoms with van der Waals surface area (Å²) >= 11 is 0. The van der Waals surface area contributed by atoms with Gasteiger partial charge in [0.15, 0.2) is 11.5 Å². The number of ether oxygens (including phenoxy) is 2. The molecule has 1 amide bonds. The van der Waals surface area contributed by atoms with Gasteiger partial charge in [-0.25, -0.2) is 0 Å². The second-order valence-corrected chi connectivity index (χ2v) is 7.80. The molecular weight excluding hydrogens is 382 g/mol. The Morgan fingerprint density at radius 3 is 2.33 bits per heavy atom. The number of rotatable bonds is 7. The Balaban J connectivity index is 2.17. The predicted octanol–water partition coefficient (Wildman–Crippen LogP) is 4.61. The van der Waals surface area contributed by atoms with Crippen LogP contribution in [0.5, 0.6) is 11.5 Å². The lowest BCUT2D eigenvalue weighted by Crippen LogP contribution is -2.31. The molecule has 1 aliphatic heterocycles. The molecule has 6 nitrogen and oxygen atoms in total. The van der Waals surface area contributed by atoms with E-state index in [2.05, 4.69) is 0 Å². The van der Waals surface area contributed by atoms with E-state index in [1.807, 2.05) is 32.0 Å². The van der Waals surface area contributed by atoms with Gasteiger partial charge in [0.05, 0.1) is 24.8 Å². The lowest BCUT2D eigenvalue weighted by atomic mass is 9.91. The highest BCUT2D eigenvalue weighted by Crippen LogP contribution is 2.43. The van der Waals surface area contributed by atoms with E-state index in [4.69, 9.17) is 9.47 Å². The van der Waals surface area contributed by atoms with Gasteiger partial charge in [-0.3, -0.25) is 14.5 Å². The largest absolute Gasteiger partial charge is 0.503 e. The number of nitrogens with zero attached hydrogens (tertiary/aromatic N) is 1. The lowest BCUT2D eigenvalue weighted by Gasteiger charge is -2.28. The van der Waals surface area contributed by atoms with Crippen molar-refractivity contribution in [3.63, 3.8) is 0 Å². The minimum absolute atomic E-state index is 0.0272. The fraction of sp³-hybridized carbons (Fsp3) is 0.333. The number of methoxy groups -OCH3 is 1. The van der Waals surface area contributed by atoms with Gasteiger partial charge in [0, 0.05) is 17.7 Å². The molecule has 0 spiro atoms. The van der Waals surface area contributed by atoms with Gasteiger partial charge < -0.3 is 14.6 Å². The average molecular weight is 409 g/mol. The molecule has 0 aliphatic carbocycles. The van der Waals surface area contributed by atoms with Crippen molar-refractivity contribution in [2.45, 2.75) is 39.8 Å². The molecule has 1 N–H and O–H groups in total. The second-order valence-electron chi connectivity index (χ2n) is 7.80. The van der Waals surface area contributed by atoms with Gasteiger partial charge in [-0.1, -0.05) is 32.0 Å². The normalized spacial score (nSPS) is 16.6. The topological polar surface area (TPSA) is 76.1 Å². The first-order valence-electron chi connectivity index (χ1n) is 9.96. The van der Waals surface area contributed by atoms with E-state index in [-0.39, 0.29) is 23.4 Å². The molecule has 30 heavy (non-hydrogen) atoms. The highest BCUT2D eigenvalue weighted by Gasteiger charge is 2.45. The van der Waals surface area contributed by atoms with Crippen LogP contribution >= 0.6 is 0 Å². The molecule has 2 aromatic rings. The monoisotopic (exact) mass is 409 g/mol. The van der Waals surface area contributed by atoms with Crippen LogP contribution in [0.4, 0.5) is 5.69 Å². The van der Waals surface area contributed by atoms with Crippen LogP contribution in [-0.2, 0) is 9.59 Å². The minimum Gasteiger partial charge on any atom is -0.503 e. The van der Waals surface area contributed by atoms with Crippen molar-refractivity contribution in [2.24, 2.45) is 5.92 Å². The Bertz CT molecular complexity index is 993. The van der Waals surface area contributed by atoms with Gasteiger partial charge in [-0.15, -0.1) is 0 Å². The van der Waals surface area contributed by atoms with Crippen LogP contribution in [0, 0.1) is 5.92 Å². The Labute approximate surface area is 176 Å². The molecule has 0 radical (unpaired) electrons. The maximum absolute atomic E-state index is 13.1. The van der Waals surface area contributed by atoms with Crippen LogP contribution in [0.25, 0.3) is 0 Å². The van der Waals surface area contributed by atoms with Crippen LogP contribution < -0.4 is 14.4 Å². The van der Waals surface area contributed by atoms with E-state index < -0.39 is 17.7 Å². The zero-order valence-corrected chi connectivity index (χ0v) is 17.9. The van der Waals surface area contributed by atoms with Crippen molar-refractivity contribution in [3.05, 3.63) is 65.4 Å². The number of hydrogen-bond acceptors (Lipinski definition) is 5. The van der Waals surface area contributed by atoms with Gasteiger partial charge >= 0.3 is 0 Å². The SMILES string of the molecule is COc1cccc(N2C(=O)C(O)=C(C(=O)C(C)C)C2c2cccc(OC(C)C)c2)c1. The quantitative estimate of drug-likeness (QED) is 0.723. The Hall–Kier alpha value is -3.28. The van der Waals surface area contributed by atoms with Gasteiger partial charge in [0.1, 0.15) is 11.5 Å². The number of ketones is 1. The summed E-state index contributed by atoms with van der Waals surface area (Å²) in [4.78, 5) is 27.5. The number of Topliss-reactive ketones (excluding diaryl/α,β-unsaturated/α-hetero) is 1. The third-order valence-corrected chi connectivity index (χ3v) is 4.88. The number of aliphatic hydroxyl groups is 1. The van der Waals surface area contributed by atoms with Crippen LogP contribution in [0.15, 0.2) is 59.9 Å². The molecule has 0 bridgehead atoms. The predicted molar refractivity (Wildman–Crippen MR) is 115 cm³/mol. The Morgan fingerprint density at radius 2 is 1.70 bits per heavy atom. The fourth-order valence-corrected chi connectivity index (χ4v) is 3.54. The number of carbonyl (C=O) groups is 2. The number of aliphatic hydroxyl groups excluding tert-OH is 1. The van der Waals surface area contributed by atoms with Crippen molar-refractivity contribution in [2.75, 3.05) is 12.0 Å². The first-order valence-corrected chi connectivity index (χ1v) is 9.96. The first kappa shape index (κ1) is 21.4. The van der Waals surface area contributed by atoms with E-state index in [0.29, 0.717) is 22.7 Å². The smallest absolute Gasteiger partial charge is 0.294 e. The standard InChI is InChI=1S/C24H27NO5/c1-14(2)22(26)20-21(16-8-6-11-19(12-16)30-15(3)4)25(24(28)23(20)27)17-9-7-10-18(13-17)29-5/h6-15,21,27H,1-5H3. The summed E-state index contributed by atoms with van der Waals surface area (Å²) in [5.74, 6) is -0.587. The highest BCUT2D eigenvalue weighted by atomic mass is 16.5. The zero-order chi connectivity index (χ0) is 22.0. The maximum atomic E-state index is 13.1. The van der Waals surface area contributed by atoms with Crippen LogP contribution in [0.2, 0.25) is 0 Å². The van der Waals surface area contributed by atoms with E-state index in [0.717, 1.165) is 0 Å². The lowest BCUT2D eigenvalue weighted by molar-refractivity contribution is -0.119. The van der Waals surface area contributed by atoms with Crippen molar-refractivity contribution < 1.29 is 24.2 Å². The van der Waals surface area contributed by atoms with Gasteiger partial charge in [-0.2, -0.15) is 0 Å². The average Bonchev–Trinajstić information content (AvgIpc) is 2.98. The molecular formula is C24H27NO5. The van der Waals surface area contributed by atoms with E-state index in [9.17, 15) is 14.7 Å². The van der Waals surface area contributed by atoms with Crippen LogP contribution in [0.3, 0.4) is 0 Å². The maximum Gasteiger partial charge on any atom is 0.294 e. The molecule has 1 unspecified atom stereocenters. The van der Waals surface area contributed by atoms with Gasteiger partial charge in [0.25, 0.3) is 5.91 Å². The third kappa shape index (κ3) is 4.03. The number of amides is 1. The number of hydrogen-bond donors (Lipinski definition) is 1. The van der Waals surface area contributed by atoms with E-state index in [1.165, 1.54) is 4.90 Å². The van der Waals surface area contributed by atoms with E-state index >= 15 is 0 Å². The number of benzene rings is 2. The first-order chi connectivity index (χ1) is 14.2. The third-order valence-electron chi connectivity index (χ3n) is 4.88. The van der Waals surface area contributed by atoms with Gasteiger partial charge in [0.2, 0.25) is 0 Å². The minimum atomic E-state index is -0.768. The number of anilines is 1. The zero-order valence-electron chi connectivity index (χ0n) is 17.9. The molecule has 1 heterocycles. The summed E-state index contributed by atoms with van der Waals surface area (Å²) in [5, 5.41) is 10.7. The molecule has 0 aromatic heterocycles. The van der Waals surface area contributed by atoms with Crippen molar-refractivity contribution in [3.8, 4) is 11.5 Å². The molecule has 0 saturated heterocycles. The molecule has 0 fully saturated rings. The summed E-state index contributed by atoms with van der Waals surface area (Å²) in [6.07, 6.45) is -0.0272. The molecule has 0 saturated carbocycles.